The zero-order chi connectivity index (χ0) is 17.9. The number of amides is 1. The molecule has 1 fully saturated rings. The number of ether oxygens (including phenoxy) is 2. The van der Waals surface area contributed by atoms with Crippen LogP contribution in [0.4, 0.5) is 8.78 Å². The van der Waals surface area contributed by atoms with E-state index in [1.807, 2.05) is 0 Å². The zero-order valence-electron chi connectivity index (χ0n) is 13.4. The van der Waals surface area contributed by atoms with Crippen LogP contribution in [-0.4, -0.2) is 42.3 Å². The molecule has 2 rings (SSSR count). The molecule has 8 heteroatoms. The third-order valence-electron chi connectivity index (χ3n) is 4.04. The van der Waals surface area contributed by atoms with Crippen molar-refractivity contribution in [3.05, 3.63) is 28.8 Å². The normalized spacial score (nSPS) is 16.7. The number of benzene rings is 1. The van der Waals surface area contributed by atoms with E-state index in [0.29, 0.717) is 11.1 Å². The van der Waals surface area contributed by atoms with Crippen molar-refractivity contribution in [3.8, 4) is 5.75 Å². The van der Waals surface area contributed by atoms with E-state index in [-0.39, 0.29) is 37.4 Å². The number of carboxylic acid groups (broad SMARTS) is 1. The number of carboxylic acids is 1. The van der Waals surface area contributed by atoms with Gasteiger partial charge in [0.2, 0.25) is 0 Å². The van der Waals surface area contributed by atoms with Crippen molar-refractivity contribution in [1.82, 2.24) is 5.32 Å². The summed E-state index contributed by atoms with van der Waals surface area (Å²) in [7, 11) is 0. The molecule has 1 aliphatic heterocycles. The minimum atomic E-state index is -2.96. The van der Waals surface area contributed by atoms with Gasteiger partial charge in [-0.15, -0.1) is 0 Å². The van der Waals surface area contributed by atoms with Gasteiger partial charge in [-0.05, 0) is 37.1 Å². The molecule has 0 aliphatic carbocycles. The molecule has 0 unspecified atom stereocenters. The summed E-state index contributed by atoms with van der Waals surface area (Å²) in [6.07, 6.45) is 0.331. The van der Waals surface area contributed by atoms with Gasteiger partial charge < -0.3 is 19.9 Å². The van der Waals surface area contributed by atoms with Crippen molar-refractivity contribution < 1.29 is 33.0 Å². The predicted molar refractivity (Wildman–Crippen MR) is 80.4 cm³/mol. The Hall–Kier alpha value is -2.22. The minimum absolute atomic E-state index is 0.0144. The first-order chi connectivity index (χ1) is 11.2. The lowest BCUT2D eigenvalue weighted by Crippen LogP contribution is -2.57. The molecule has 0 atom stereocenters. The van der Waals surface area contributed by atoms with Crippen molar-refractivity contribution in [2.24, 2.45) is 0 Å². The highest BCUT2D eigenvalue weighted by Crippen LogP contribution is 2.27. The molecule has 1 amide bonds. The van der Waals surface area contributed by atoms with Gasteiger partial charge in [-0.2, -0.15) is 8.78 Å². The van der Waals surface area contributed by atoms with E-state index in [1.54, 1.807) is 13.8 Å². The monoisotopic (exact) mass is 343 g/mol. The summed E-state index contributed by atoms with van der Waals surface area (Å²) in [5, 5.41) is 12.0. The topological polar surface area (TPSA) is 84.9 Å². The second-order valence-electron chi connectivity index (χ2n) is 5.77. The van der Waals surface area contributed by atoms with Gasteiger partial charge in [0, 0.05) is 31.6 Å². The van der Waals surface area contributed by atoms with Gasteiger partial charge in [-0.3, -0.25) is 4.79 Å². The largest absolute Gasteiger partial charge is 0.480 e. The number of aliphatic carboxylic acids is 1. The van der Waals surface area contributed by atoms with Gasteiger partial charge in [0.05, 0.1) is 0 Å². The first-order valence-electron chi connectivity index (χ1n) is 7.45. The maximum atomic E-state index is 12.5. The third-order valence-corrected chi connectivity index (χ3v) is 4.04. The van der Waals surface area contributed by atoms with Crippen molar-refractivity contribution >= 4 is 11.9 Å². The van der Waals surface area contributed by atoms with Crippen LogP contribution in [0.15, 0.2) is 12.1 Å². The standard InChI is InChI=1S/C16H19F2NO5/c1-9-7-11(8-10(2)12(9)24-15(17)18)13(20)19-16(14(21)22)3-5-23-6-4-16/h7-8,15H,3-6H2,1-2H3,(H,19,20)(H,21,22). The fraction of sp³-hybridized carbons (Fsp3) is 0.500. The average molecular weight is 343 g/mol. The van der Waals surface area contributed by atoms with E-state index < -0.39 is 24.0 Å². The van der Waals surface area contributed by atoms with Gasteiger partial charge in [0.1, 0.15) is 11.3 Å². The van der Waals surface area contributed by atoms with Gasteiger partial charge in [0.25, 0.3) is 5.91 Å². The van der Waals surface area contributed by atoms with Crippen LogP contribution >= 0.6 is 0 Å². The molecule has 0 spiro atoms. The van der Waals surface area contributed by atoms with E-state index in [0.717, 1.165) is 0 Å². The lowest BCUT2D eigenvalue weighted by molar-refractivity contribution is -0.148. The van der Waals surface area contributed by atoms with Crippen LogP contribution in [0.1, 0.15) is 34.3 Å². The smallest absolute Gasteiger partial charge is 0.387 e. The SMILES string of the molecule is Cc1cc(C(=O)NC2(C(=O)O)CCOCC2)cc(C)c1OC(F)F. The number of carbonyl (C=O) groups excluding carboxylic acids is 1. The number of hydrogen-bond acceptors (Lipinski definition) is 4. The summed E-state index contributed by atoms with van der Waals surface area (Å²) in [5.74, 6) is -1.68. The molecular weight excluding hydrogens is 324 g/mol. The van der Waals surface area contributed by atoms with E-state index in [2.05, 4.69) is 10.1 Å². The van der Waals surface area contributed by atoms with E-state index in [4.69, 9.17) is 4.74 Å². The molecule has 24 heavy (non-hydrogen) atoms. The zero-order valence-corrected chi connectivity index (χ0v) is 13.4. The number of rotatable bonds is 5. The first-order valence-corrected chi connectivity index (χ1v) is 7.45. The van der Waals surface area contributed by atoms with Crippen molar-refractivity contribution in [3.63, 3.8) is 0 Å². The van der Waals surface area contributed by atoms with E-state index >= 15 is 0 Å². The molecule has 0 radical (unpaired) electrons. The Morgan fingerprint density at radius 3 is 2.25 bits per heavy atom. The number of alkyl halides is 2. The van der Waals surface area contributed by atoms with Gasteiger partial charge in [-0.25, -0.2) is 4.79 Å². The summed E-state index contributed by atoms with van der Waals surface area (Å²) >= 11 is 0. The van der Waals surface area contributed by atoms with Crippen LogP contribution in [0, 0.1) is 13.8 Å². The maximum Gasteiger partial charge on any atom is 0.387 e. The minimum Gasteiger partial charge on any atom is -0.480 e. The molecule has 0 aromatic heterocycles. The summed E-state index contributed by atoms with van der Waals surface area (Å²) in [6.45, 7) is 0.614. The summed E-state index contributed by atoms with van der Waals surface area (Å²) in [5.41, 5.74) is -0.442. The van der Waals surface area contributed by atoms with Crippen LogP contribution in [0.2, 0.25) is 0 Å². The van der Waals surface area contributed by atoms with E-state index in [9.17, 15) is 23.5 Å². The Labute approximate surface area is 137 Å². The lowest BCUT2D eigenvalue weighted by atomic mass is 9.89. The highest BCUT2D eigenvalue weighted by atomic mass is 19.3. The maximum absolute atomic E-state index is 12.5. The summed E-state index contributed by atoms with van der Waals surface area (Å²) in [4.78, 5) is 24.0. The highest BCUT2D eigenvalue weighted by Gasteiger charge is 2.41. The number of aryl methyl sites for hydroxylation is 2. The molecule has 1 aliphatic rings. The fourth-order valence-corrected chi connectivity index (χ4v) is 2.76. The van der Waals surface area contributed by atoms with Gasteiger partial charge in [-0.1, -0.05) is 0 Å². The van der Waals surface area contributed by atoms with Crippen molar-refractivity contribution in [1.29, 1.82) is 0 Å². The third kappa shape index (κ3) is 3.81. The molecule has 1 aromatic carbocycles. The van der Waals surface area contributed by atoms with Gasteiger partial charge >= 0.3 is 12.6 Å². The predicted octanol–water partition coefficient (Wildman–Crippen LogP) is 2.27. The Kier molecular flexibility index (Phi) is 5.38. The second-order valence-corrected chi connectivity index (χ2v) is 5.77. The first kappa shape index (κ1) is 18.1. The van der Waals surface area contributed by atoms with Crippen LogP contribution in [0.5, 0.6) is 5.75 Å². The average Bonchev–Trinajstić information content (AvgIpc) is 2.51. The fourth-order valence-electron chi connectivity index (χ4n) is 2.76. The van der Waals surface area contributed by atoms with Crippen LogP contribution in [-0.2, 0) is 9.53 Å². The van der Waals surface area contributed by atoms with E-state index in [1.165, 1.54) is 12.1 Å². The molecule has 1 saturated heterocycles. The molecule has 1 aromatic rings. The summed E-state index contributed by atoms with van der Waals surface area (Å²) in [6, 6.07) is 2.80. The quantitative estimate of drug-likeness (QED) is 0.857. The highest BCUT2D eigenvalue weighted by molar-refractivity contribution is 5.98. The Balaban J connectivity index is 2.24. The molecule has 6 nitrogen and oxygen atoms in total. The van der Waals surface area contributed by atoms with Crippen LogP contribution in [0.3, 0.4) is 0 Å². The molecule has 0 bridgehead atoms. The van der Waals surface area contributed by atoms with Crippen LogP contribution < -0.4 is 10.1 Å². The summed E-state index contributed by atoms with van der Waals surface area (Å²) < 4.78 is 34.4. The number of nitrogens with one attached hydrogen (secondary N) is 1. The second kappa shape index (κ2) is 7.12. The molecule has 1 heterocycles. The molecule has 132 valence electrons. The van der Waals surface area contributed by atoms with Gasteiger partial charge in [0.15, 0.2) is 0 Å². The Morgan fingerprint density at radius 2 is 1.79 bits per heavy atom. The lowest BCUT2D eigenvalue weighted by Gasteiger charge is -2.34. The van der Waals surface area contributed by atoms with Crippen molar-refractivity contribution in [2.45, 2.75) is 38.8 Å². The number of carbonyl (C=O) groups is 2. The Morgan fingerprint density at radius 1 is 1.25 bits per heavy atom. The van der Waals surface area contributed by atoms with Crippen molar-refractivity contribution in [2.75, 3.05) is 13.2 Å². The number of halogens is 2. The number of hydrogen-bond donors (Lipinski definition) is 2. The molecule has 2 N–H and O–H groups in total. The Bertz CT molecular complexity index is 618. The van der Waals surface area contributed by atoms with Crippen LogP contribution in [0.25, 0.3) is 0 Å². The molecule has 0 saturated carbocycles. The molecular formula is C16H19F2NO5.